The van der Waals surface area contributed by atoms with Gasteiger partial charge in [-0.15, -0.1) is 0 Å². The average molecular weight is 402 g/mol. The van der Waals surface area contributed by atoms with Crippen LogP contribution in [0.3, 0.4) is 0 Å². The van der Waals surface area contributed by atoms with Crippen LogP contribution in [0.15, 0.2) is 40.9 Å². The minimum atomic E-state index is -0.595. The topological polar surface area (TPSA) is 69.4 Å². The lowest BCUT2D eigenvalue weighted by atomic mass is 10.00. The molecule has 0 heterocycles. The molecule has 25 heavy (non-hydrogen) atoms. The Kier molecular flexibility index (Phi) is 6.15. The molecule has 2 N–H and O–H groups in total. The third kappa shape index (κ3) is 5.03. The fourth-order valence-corrected chi connectivity index (χ4v) is 2.75. The first-order valence-electron chi connectivity index (χ1n) is 7.79. The standard InChI is InChI=1S/C20H20BrNO3/c1-12-8-14(3)15(9-13(12)2)4-6-18(23)17-10-16(21)5-7-19(17)25-11-20(22)24/h4-10H,11H2,1-3H3,(H2,22,24)/b6-4+. The average Bonchev–Trinajstić information content (AvgIpc) is 2.55. The van der Waals surface area contributed by atoms with Gasteiger partial charge in [0.2, 0.25) is 0 Å². The molecule has 0 atom stereocenters. The van der Waals surface area contributed by atoms with Crippen molar-refractivity contribution >= 4 is 33.7 Å². The molecule has 1 amide bonds. The van der Waals surface area contributed by atoms with E-state index >= 15 is 0 Å². The molecule has 0 aromatic heterocycles. The predicted octanol–water partition coefficient (Wildman–Crippen LogP) is 4.13. The first-order valence-corrected chi connectivity index (χ1v) is 8.58. The molecule has 0 saturated heterocycles. The number of amides is 1. The number of aryl methyl sites for hydroxylation is 3. The fraction of sp³-hybridized carbons (Fsp3) is 0.200. The van der Waals surface area contributed by atoms with Gasteiger partial charge in [0.1, 0.15) is 5.75 Å². The Hall–Kier alpha value is -2.40. The minimum Gasteiger partial charge on any atom is -0.483 e. The molecule has 0 aliphatic rings. The molecular formula is C20H20BrNO3. The maximum Gasteiger partial charge on any atom is 0.255 e. The van der Waals surface area contributed by atoms with Gasteiger partial charge in [0.25, 0.3) is 5.91 Å². The summed E-state index contributed by atoms with van der Waals surface area (Å²) in [6.45, 7) is 5.84. The number of hydrogen-bond donors (Lipinski definition) is 1. The van der Waals surface area contributed by atoms with Gasteiger partial charge in [0.15, 0.2) is 12.4 Å². The van der Waals surface area contributed by atoms with Crippen molar-refractivity contribution in [2.45, 2.75) is 20.8 Å². The second kappa shape index (κ2) is 8.12. The quantitative estimate of drug-likeness (QED) is 0.584. The number of benzene rings is 2. The summed E-state index contributed by atoms with van der Waals surface area (Å²) in [6, 6.07) is 9.19. The lowest BCUT2D eigenvalue weighted by Gasteiger charge is -2.09. The van der Waals surface area contributed by atoms with Gasteiger partial charge in [-0.25, -0.2) is 0 Å². The molecule has 0 unspecified atom stereocenters. The Labute approximate surface area is 155 Å². The molecule has 130 valence electrons. The first kappa shape index (κ1) is 18.9. The van der Waals surface area contributed by atoms with E-state index < -0.39 is 5.91 Å². The van der Waals surface area contributed by atoms with Gasteiger partial charge < -0.3 is 10.5 Å². The number of rotatable bonds is 6. The zero-order valence-corrected chi connectivity index (χ0v) is 16.0. The summed E-state index contributed by atoms with van der Waals surface area (Å²) < 4.78 is 6.08. The molecule has 0 aliphatic heterocycles. The van der Waals surface area contributed by atoms with Gasteiger partial charge in [-0.2, -0.15) is 0 Å². The van der Waals surface area contributed by atoms with Crippen LogP contribution in [-0.2, 0) is 4.79 Å². The second-order valence-corrected chi connectivity index (χ2v) is 6.80. The molecule has 0 saturated carbocycles. The Morgan fingerprint density at radius 2 is 1.76 bits per heavy atom. The third-order valence-electron chi connectivity index (χ3n) is 3.87. The van der Waals surface area contributed by atoms with E-state index in [4.69, 9.17) is 10.5 Å². The number of hydrogen-bond acceptors (Lipinski definition) is 3. The second-order valence-electron chi connectivity index (χ2n) is 5.89. The number of ether oxygens (including phenoxy) is 1. The molecule has 2 aromatic carbocycles. The molecule has 0 bridgehead atoms. The van der Waals surface area contributed by atoms with Gasteiger partial charge in [-0.3, -0.25) is 9.59 Å². The Balaban J connectivity index is 2.30. The summed E-state index contributed by atoms with van der Waals surface area (Å²) in [4.78, 5) is 23.5. The van der Waals surface area contributed by atoms with Crippen LogP contribution < -0.4 is 10.5 Å². The van der Waals surface area contributed by atoms with Crippen molar-refractivity contribution in [3.8, 4) is 5.75 Å². The predicted molar refractivity (Wildman–Crippen MR) is 103 cm³/mol. The highest BCUT2D eigenvalue weighted by Crippen LogP contribution is 2.25. The van der Waals surface area contributed by atoms with E-state index in [2.05, 4.69) is 35.0 Å². The lowest BCUT2D eigenvalue weighted by molar-refractivity contribution is -0.119. The smallest absolute Gasteiger partial charge is 0.255 e. The maximum absolute atomic E-state index is 12.6. The van der Waals surface area contributed by atoms with E-state index in [1.807, 2.05) is 13.8 Å². The van der Waals surface area contributed by atoms with Crippen LogP contribution >= 0.6 is 15.9 Å². The van der Waals surface area contributed by atoms with Crippen LogP contribution in [0.5, 0.6) is 5.75 Å². The summed E-state index contributed by atoms with van der Waals surface area (Å²) in [5, 5.41) is 0. The van der Waals surface area contributed by atoms with Crippen LogP contribution in [0, 0.1) is 20.8 Å². The zero-order valence-electron chi connectivity index (χ0n) is 14.4. The summed E-state index contributed by atoms with van der Waals surface area (Å²) in [7, 11) is 0. The van der Waals surface area contributed by atoms with E-state index in [9.17, 15) is 9.59 Å². The van der Waals surface area contributed by atoms with Crippen LogP contribution in [0.1, 0.15) is 32.6 Å². The molecule has 0 radical (unpaired) electrons. The molecule has 0 aliphatic carbocycles. The number of carbonyl (C=O) groups excluding carboxylic acids is 2. The number of halogens is 1. The molecule has 4 nitrogen and oxygen atoms in total. The summed E-state index contributed by atoms with van der Waals surface area (Å²) in [6.07, 6.45) is 3.30. The molecule has 5 heteroatoms. The monoisotopic (exact) mass is 401 g/mol. The highest BCUT2D eigenvalue weighted by Gasteiger charge is 2.12. The summed E-state index contributed by atoms with van der Waals surface area (Å²) in [5.41, 5.74) is 9.96. The van der Waals surface area contributed by atoms with E-state index in [-0.39, 0.29) is 12.4 Å². The molecule has 0 fully saturated rings. The fourth-order valence-electron chi connectivity index (χ4n) is 2.39. The van der Waals surface area contributed by atoms with E-state index in [0.29, 0.717) is 11.3 Å². The number of ketones is 1. The number of primary amides is 1. The Bertz CT molecular complexity index is 856. The third-order valence-corrected chi connectivity index (χ3v) is 4.37. The van der Waals surface area contributed by atoms with Crippen molar-refractivity contribution in [2.75, 3.05) is 6.61 Å². The van der Waals surface area contributed by atoms with E-state index in [1.54, 1.807) is 24.3 Å². The zero-order chi connectivity index (χ0) is 18.6. The lowest BCUT2D eigenvalue weighted by Crippen LogP contribution is -2.20. The summed E-state index contributed by atoms with van der Waals surface area (Å²) >= 11 is 3.35. The SMILES string of the molecule is Cc1cc(C)c(/C=C/C(=O)c2cc(Br)ccc2OCC(N)=O)cc1C. The molecule has 0 spiro atoms. The maximum atomic E-state index is 12.6. The minimum absolute atomic E-state index is 0.210. The van der Waals surface area contributed by atoms with Crippen molar-refractivity contribution in [3.63, 3.8) is 0 Å². The van der Waals surface area contributed by atoms with Gasteiger partial charge in [0, 0.05) is 4.47 Å². The van der Waals surface area contributed by atoms with Gasteiger partial charge in [-0.1, -0.05) is 34.1 Å². The summed E-state index contributed by atoms with van der Waals surface area (Å²) in [5.74, 6) is -0.477. The van der Waals surface area contributed by atoms with Crippen LogP contribution in [-0.4, -0.2) is 18.3 Å². The van der Waals surface area contributed by atoms with Crippen molar-refractivity contribution in [2.24, 2.45) is 5.73 Å². The van der Waals surface area contributed by atoms with Gasteiger partial charge >= 0.3 is 0 Å². The van der Waals surface area contributed by atoms with Crippen molar-refractivity contribution in [1.82, 2.24) is 0 Å². The number of carbonyl (C=O) groups is 2. The van der Waals surface area contributed by atoms with E-state index in [0.717, 1.165) is 15.6 Å². The van der Waals surface area contributed by atoms with Crippen LogP contribution in [0.4, 0.5) is 0 Å². The van der Waals surface area contributed by atoms with E-state index in [1.165, 1.54) is 17.2 Å². The van der Waals surface area contributed by atoms with Crippen LogP contribution in [0.2, 0.25) is 0 Å². The Morgan fingerprint density at radius 1 is 1.08 bits per heavy atom. The van der Waals surface area contributed by atoms with Gasteiger partial charge in [-0.05, 0) is 67.3 Å². The number of nitrogens with two attached hydrogens (primary N) is 1. The van der Waals surface area contributed by atoms with Crippen molar-refractivity contribution in [1.29, 1.82) is 0 Å². The first-order chi connectivity index (χ1) is 11.8. The molecule has 2 aromatic rings. The molecular weight excluding hydrogens is 382 g/mol. The van der Waals surface area contributed by atoms with Gasteiger partial charge in [0.05, 0.1) is 5.56 Å². The Morgan fingerprint density at radius 3 is 2.44 bits per heavy atom. The van der Waals surface area contributed by atoms with Crippen LogP contribution in [0.25, 0.3) is 6.08 Å². The normalized spacial score (nSPS) is 10.9. The highest BCUT2D eigenvalue weighted by atomic mass is 79.9. The number of allylic oxidation sites excluding steroid dienone is 1. The largest absolute Gasteiger partial charge is 0.483 e. The molecule has 2 rings (SSSR count). The highest BCUT2D eigenvalue weighted by molar-refractivity contribution is 9.10. The van der Waals surface area contributed by atoms with Crippen molar-refractivity contribution < 1.29 is 14.3 Å². The van der Waals surface area contributed by atoms with Crippen molar-refractivity contribution in [3.05, 3.63) is 68.7 Å².